The summed E-state index contributed by atoms with van der Waals surface area (Å²) in [4.78, 5) is 18.0. The lowest BCUT2D eigenvalue weighted by Gasteiger charge is -2.33. The van der Waals surface area contributed by atoms with Crippen LogP contribution < -0.4 is 0 Å². The summed E-state index contributed by atoms with van der Waals surface area (Å²) in [6.07, 6.45) is 0. The van der Waals surface area contributed by atoms with E-state index in [0.717, 1.165) is 27.9 Å². The van der Waals surface area contributed by atoms with E-state index < -0.39 is 10.0 Å². The summed E-state index contributed by atoms with van der Waals surface area (Å²) in [5.74, 6) is -0.0684. The molecule has 1 N–H and O–H groups in total. The number of carbonyl (C=O) groups is 1. The van der Waals surface area contributed by atoms with E-state index in [0.29, 0.717) is 23.0 Å². The zero-order valence-corrected chi connectivity index (χ0v) is 17.0. The molecule has 1 aliphatic rings. The van der Waals surface area contributed by atoms with Crippen molar-refractivity contribution in [2.24, 2.45) is 0 Å². The SMILES string of the molecule is Cc1[nH]c2ccccc2c1C(=O)N1CCN(S(=O)(=O)c2ccc(Cl)s2)CC1. The number of hydrogen-bond donors (Lipinski definition) is 1. The third kappa shape index (κ3) is 3.27. The predicted molar refractivity (Wildman–Crippen MR) is 107 cm³/mol. The van der Waals surface area contributed by atoms with E-state index in [2.05, 4.69) is 4.98 Å². The summed E-state index contributed by atoms with van der Waals surface area (Å²) < 4.78 is 27.5. The summed E-state index contributed by atoms with van der Waals surface area (Å²) in [7, 11) is -3.56. The van der Waals surface area contributed by atoms with Gasteiger partial charge in [-0.2, -0.15) is 4.31 Å². The molecule has 4 rings (SSSR count). The van der Waals surface area contributed by atoms with Crippen molar-refractivity contribution in [3.8, 4) is 0 Å². The number of piperazine rings is 1. The van der Waals surface area contributed by atoms with E-state index >= 15 is 0 Å². The van der Waals surface area contributed by atoms with Crippen molar-refractivity contribution in [2.75, 3.05) is 26.2 Å². The number of carbonyl (C=O) groups excluding carboxylic acids is 1. The van der Waals surface area contributed by atoms with Gasteiger partial charge >= 0.3 is 0 Å². The van der Waals surface area contributed by atoms with Crippen molar-refractivity contribution >= 4 is 49.8 Å². The molecule has 1 aliphatic heterocycles. The molecule has 0 spiro atoms. The number of halogens is 1. The lowest BCUT2D eigenvalue weighted by Crippen LogP contribution is -2.50. The Labute approximate surface area is 166 Å². The minimum Gasteiger partial charge on any atom is -0.358 e. The average molecular weight is 424 g/mol. The number of fused-ring (bicyclic) bond motifs is 1. The van der Waals surface area contributed by atoms with Gasteiger partial charge in [-0.1, -0.05) is 29.8 Å². The molecule has 142 valence electrons. The second-order valence-corrected chi connectivity index (χ2v) is 10.3. The Balaban J connectivity index is 1.52. The van der Waals surface area contributed by atoms with Gasteiger partial charge in [0, 0.05) is 42.8 Å². The number of benzene rings is 1. The van der Waals surface area contributed by atoms with Gasteiger partial charge < -0.3 is 9.88 Å². The number of nitrogens with one attached hydrogen (secondary N) is 1. The number of H-pyrrole nitrogens is 1. The highest BCUT2D eigenvalue weighted by Crippen LogP contribution is 2.29. The molecule has 2 aromatic heterocycles. The van der Waals surface area contributed by atoms with Gasteiger partial charge in [0.05, 0.1) is 9.90 Å². The Hall–Kier alpha value is -1.87. The van der Waals surface area contributed by atoms with Crippen LogP contribution in [0.15, 0.2) is 40.6 Å². The molecule has 1 amide bonds. The average Bonchev–Trinajstić information content (AvgIpc) is 3.24. The van der Waals surface area contributed by atoms with E-state index in [1.165, 1.54) is 10.4 Å². The summed E-state index contributed by atoms with van der Waals surface area (Å²) in [6.45, 7) is 3.14. The Kier molecular flexibility index (Phi) is 4.75. The molecule has 9 heteroatoms. The van der Waals surface area contributed by atoms with E-state index in [-0.39, 0.29) is 23.2 Å². The molecule has 0 atom stereocenters. The van der Waals surface area contributed by atoms with Crippen molar-refractivity contribution in [1.82, 2.24) is 14.2 Å². The van der Waals surface area contributed by atoms with Crippen LogP contribution in [-0.4, -0.2) is 54.7 Å². The second-order valence-electron chi connectivity index (χ2n) is 6.43. The third-order valence-electron chi connectivity index (χ3n) is 4.78. The molecular weight excluding hydrogens is 406 g/mol. The lowest BCUT2D eigenvalue weighted by molar-refractivity contribution is 0.0699. The molecule has 0 unspecified atom stereocenters. The maximum absolute atomic E-state index is 13.0. The first-order valence-corrected chi connectivity index (χ1v) is 11.1. The van der Waals surface area contributed by atoms with Crippen molar-refractivity contribution in [2.45, 2.75) is 11.1 Å². The zero-order chi connectivity index (χ0) is 19.2. The fourth-order valence-electron chi connectivity index (χ4n) is 3.41. The highest BCUT2D eigenvalue weighted by molar-refractivity contribution is 7.91. The maximum atomic E-state index is 13.0. The van der Waals surface area contributed by atoms with Crippen LogP contribution in [0.5, 0.6) is 0 Å². The molecule has 0 radical (unpaired) electrons. The van der Waals surface area contributed by atoms with E-state index in [1.54, 1.807) is 11.0 Å². The van der Waals surface area contributed by atoms with Gasteiger partial charge in [-0.15, -0.1) is 11.3 Å². The Morgan fingerprint density at radius 1 is 1.11 bits per heavy atom. The summed E-state index contributed by atoms with van der Waals surface area (Å²) in [5, 5.41) is 0.892. The molecule has 27 heavy (non-hydrogen) atoms. The lowest BCUT2D eigenvalue weighted by atomic mass is 10.1. The number of aromatic amines is 1. The van der Waals surface area contributed by atoms with Gasteiger partial charge in [-0.05, 0) is 25.1 Å². The smallest absolute Gasteiger partial charge is 0.256 e. The number of nitrogens with zero attached hydrogens (tertiary/aromatic N) is 2. The van der Waals surface area contributed by atoms with Crippen LogP contribution in [0.25, 0.3) is 10.9 Å². The quantitative estimate of drug-likeness (QED) is 0.702. The molecular formula is C18H18ClN3O3S2. The first-order valence-electron chi connectivity index (χ1n) is 8.50. The van der Waals surface area contributed by atoms with Crippen LogP contribution in [0.3, 0.4) is 0 Å². The molecule has 1 aromatic carbocycles. The topological polar surface area (TPSA) is 73.5 Å². The fraction of sp³-hybridized carbons (Fsp3) is 0.278. The van der Waals surface area contributed by atoms with Crippen molar-refractivity contribution in [3.05, 3.63) is 52.0 Å². The van der Waals surface area contributed by atoms with Crippen LogP contribution in [0.1, 0.15) is 16.1 Å². The third-order valence-corrected chi connectivity index (χ3v) is 8.37. The van der Waals surface area contributed by atoms with Crippen molar-refractivity contribution in [1.29, 1.82) is 0 Å². The number of aryl methyl sites for hydroxylation is 1. The summed E-state index contributed by atoms with van der Waals surface area (Å²) in [5.41, 5.74) is 2.41. The molecule has 0 aliphatic carbocycles. The molecule has 6 nitrogen and oxygen atoms in total. The number of rotatable bonds is 3. The number of thiophene rings is 1. The minimum atomic E-state index is -3.56. The maximum Gasteiger partial charge on any atom is 0.256 e. The normalized spacial score (nSPS) is 16.1. The van der Waals surface area contributed by atoms with Crippen molar-refractivity contribution in [3.63, 3.8) is 0 Å². The summed E-state index contributed by atoms with van der Waals surface area (Å²) >= 11 is 6.92. The Morgan fingerprint density at radius 3 is 2.48 bits per heavy atom. The van der Waals surface area contributed by atoms with Crippen LogP contribution in [0.4, 0.5) is 0 Å². The highest BCUT2D eigenvalue weighted by Gasteiger charge is 2.32. The fourth-order valence-corrected chi connectivity index (χ4v) is 6.46. The Morgan fingerprint density at radius 2 is 1.81 bits per heavy atom. The first kappa shape index (κ1) is 18.5. The van der Waals surface area contributed by atoms with Gasteiger partial charge in [0.1, 0.15) is 4.21 Å². The van der Waals surface area contributed by atoms with Gasteiger partial charge in [-0.3, -0.25) is 4.79 Å². The number of sulfonamides is 1. The molecule has 3 aromatic rings. The number of para-hydroxylation sites is 1. The van der Waals surface area contributed by atoms with Gasteiger partial charge in [0.2, 0.25) is 0 Å². The highest BCUT2D eigenvalue weighted by atomic mass is 35.5. The van der Waals surface area contributed by atoms with E-state index in [9.17, 15) is 13.2 Å². The van der Waals surface area contributed by atoms with Crippen LogP contribution in [-0.2, 0) is 10.0 Å². The van der Waals surface area contributed by atoms with Crippen molar-refractivity contribution < 1.29 is 13.2 Å². The second kappa shape index (κ2) is 6.94. The Bertz CT molecular complexity index is 1110. The standard InChI is InChI=1S/C18H18ClN3O3S2/c1-12-17(13-4-2-3-5-14(13)20-12)18(23)21-8-10-22(11-9-21)27(24,25)16-7-6-15(19)26-16/h2-7,20H,8-11H2,1H3. The number of aromatic nitrogens is 1. The summed E-state index contributed by atoms with van der Waals surface area (Å²) in [6, 6.07) is 10.8. The predicted octanol–water partition coefficient (Wildman–Crippen LogP) is 3.34. The molecule has 1 fully saturated rings. The molecule has 3 heterocycles. The zero-order valence-electron chi connectivity index (χ0n) is 14.6. The molecule has 0 bridgehead atoms. The van der Waals surface area contributed by atoms with Gasteiger partial charge in [-0.25, -0.2) is 8.42 Å². The number of hydrogen-bond acceptors (Lipinski definition) is 4. The van der Waals surface area contributed by atoms with Gasteiger partial charge in [0.25, 0.3) is 15.9 Å². The monoisotopic (exact) mass is 423 g/mol. The van der Waals surface area contributed by atoms with E-state index in [1.807, 2.05) is 31.2 Å². The van der Waals surface area contributed by atoms with Crippen LogP contribution >= 0.6 is 22.9 Å². The molecule has 1 saturated heterocycles. The van der Waals surface area contributed by atoms with E-state index in [4.69, 9.17) is 11.6 Å². The largest absolute Gasteiger partial charge is 0.358 e. The number of amides is 1. The molecule has 0 saturated carbocycles. The minimum absolute atomic E-state index is 0.0684. The van der Waals surface area contributed by atoms with Crippen LogP contribution in [0.2, 0.25) is 4.34 Å². The first-order chi connectivity index (χ1) is 12.9. The van der Waals surface area contributed by atoms with Gasteiger partial charge in [0.15, 0.2) is 0 Å². The van der Waals surface area contributed by atoms with Crippen LogP contribution in [0, 0.1) is 6.92 Å².